The summed E-state index contributed by atoms with van der Waals surface area (Å²) in [7, 11) is 0. The lowest BCUT2D eigenvalue weighted by Gasteiger charge is -2.26. The number of halogens is 2. The maximum absolute atomic E-state index is 13.3. The number of anilines is 1. The van der Waals surface area contributed by atoms with Gasteiger partial charge in [0.1, 0.15) is 5.82 Å². The van der Waals surface area contributed by atoms with Crippen molar-refractivity contribution in [3.63, 3.8) is 0 Å². The third-order valence-electron chi connectivity index (χ3n) is 5.63. The molecule has 5 rings (SSSR count). The van der Waals surface area contributed by atoms with E-state index in [-0.39, 0.29) is 29.7 Å². The molecular weight excluding hydrogens is 423 g/mol. The van der Waals surface area contributed by atoms with Crippen molar-refractivity contribution in [3.05, 3.63) is 75.8 Å². The Hall–Kier alpha value is -2.74. The Morgan fingerprint density at radius 2 is 1.83 bits per heavy atom. The zero-order valence-electron chi connectivity index (χ0n) is 16.0. The van der Waals surface area contributed by atoms with E-state index in [1.807, 2.05) is 37.3 Å². The fraction of sp³-hybridized carbons (Fsp3) is 0.182. The molecule has 0 aliphatic carbocycles. The summed E-state index contributed by atoms with van der Waals surface area (Å²) in [6.07, 6.45) is 1.74. The molecule has 2 aromatic carbocycles. The number of nitrogens with zero attached hydrogens (tertiary/aromatic N) is 3. The van der Waals surface area contributed by atoms with Crippen LogP contribution in [0.1, 0.15) is 17.8 Å². The molecule has 30 heavy (non-hydrogen) atoms. The van der Waals surface area contributed by atoms with Crippen LogP contribution in [0.4, 0.5) is 10.1 Å². The van der Waals surface area contributed by atoms with Crippen LogP contribution in [0.15, 0.2) is 60.8 Å². The summed E-state index contributed by atoms with van der Waals surface area (Å²) < 4.78 is 15.7. The number of carbonyl (C=O) groups is 1. The quantitative estimate of drug-likeness (QED) is 0.491. The summed E-state index contributed by atoms with van der Waals surface area (Å²) in [5.41, 5.74) is 8.83. The third-order valence-corrected chi connectivity index (χ3v) is 6.94. The molecule has 3 atom stereocenters. The van der Waals surface area contributed by atoms with Crippen molar-refractivity contribution in [2.75, 3.05) is 4.90 Å². The molecule has 2 N–H and O–H groups in total. The first-order valence-electron chi connectivity index (χ1n) is 9.51. The molecule has 1 saturated heterocycles. The van der Waals surface area contributed by atoms with Crippen LogP contribution >= 0.6 is 22.9 Å². The fourth-order valence-electron chi connectivity index (χ4n) is 4.02. The number of rotatable bonds is 3. The lowest BCUT2D eigenvalue weighted by Crippen LogP contribution is -2.33. The van der Waals surface area contributed by atoms with E-state index in [0.717, 1.165) is 27.2 Å². The maximum Gasteiger partial charge on any atom is 0.232 e. The van der Waals surface area contributed by atoms with E-state index in [9.17, 15) is 9.18 Å². The van der Waals surface area contributed by atoms with Gasteiger partial charge in [-0.2, -0.15) is 5.10 Å². The van der Waals surface area contributed by atoms with E-state index in [4.69, 9.17) is 17.3 Å². The highest BCUT2D eigenvalue weighted by Crippen LogP contribution is 2.43. The summed E-state index contributed by atoms with van der Waals surface area (Å²) in [4.78, 5) is 15.8. The number of nitrogens with two attached hydrogens (primary N) is 1. The van der Waals surface area contributed by atoms with Gasteiger partial charge >= 0.3 is 0 Å². The molecule has 0 saturated carbocycles. The second kappa shape index (κ2) is 7.19. The highest BCUT2D eigenvalue weighted by molar-refractivity contribution is 7.16. The average Bonchev–Trinajstić information content (AvgIpc) is 3.41. The van der Waals surface area contributed by atoms with Crippen molar-refractivity contribution < 1.29 is 9.18 Å². The highest BCUT2D eigenvalue weighted by Gasteiger charge is 2.45. The maximum atomic E-state index is 13.3. The number of benzene rings is 2. The molecule has 5 nitrogen and oxygen atoms in total. The summed E-state index contributed by atoms with van der Waals surface area (Å²) in [6.45, 7) is 1.86. The first-order chi connectivity index (χ1) is 14.4. The zero-order valence-corrected chi connectivity index (χ0v) is 17.6. The van der Waals surface area contributed by atoms with Crippen LogP contribution in [0.3, 0.4) is 0 Å². The number of hydrogen-bond acceptors (Lipinski definition) is 4. The van der Waals surface area contributed by atoms with Gasteiger partial charge in [-0.15, -0.1) is 11.3 Å². The first-order valence-corrected chi connectivity index (χ1v) is 10.7. The lowest BCUT2D eigenvalue weighted by atomic mass is 10.0. The summed E-state index contributed by atoms with van der Waals surface area (Å²) in [5, 5.41) is 5.32. The molecule has 1 aliphatic heterocycles. The van der Waals surface area contributed by atoms with Crippen LogP contribution in [0.2, 0.25) is 4.34 Å². The van der Waals surface area contributed by atoms with Gasteiger partial charge in [0.25, 0.3) is 0 Å². The molecule has 1 amide bonds. The van der Waals surface area contributed by atoms with Crippen molar-refractivity contribution in [1.82, 2.24) is 9.78 Å². The van der Waals surface area contributed by atoms with Crippen molar-refractivity contribution >= 4 is 45.4 Å². The van der Waals surface area contributed by atoms with E-state index in [2.05, 4.69) is 5.10 Å². The van der Waals surface area contributed by atoms with Crippen molar-refractivity contribution in [2.45, 2.75) is 19.0 Å². The number of aromatic nitrogens is 2. The van der Waals surface area contributed by atoms with Crippen LogP contribution in [0, 0.1) is 11.7 Å². The second-order valence-electron chi connectivity index (χ2n) is 7.44. The van der Waals surface area contributed by atoms with Gasteiger partial charge in [0.05, 0.1) is 33.7 Å². The summed E-state index contributed by atoms with van der Waals surface area (Å²) >= 11 is 7.58. The number of amides is 1. The monoisotopic (exact) mass is 440 g/mol. The molecule has 1 fully saturated rings. The smallest absolute Gasteiger partial charge is 0.232 e. The van der Waals surface area contributed by atoms with E-state index >= 15 is 0 Å². The Morgan fingerprint density at radius 3 is 2.53 bits per heavy atom. The highest BCUT2D eigenvalue weighted by atomic mass is 35.5. The molecule has 0 radical (unpaired) electrons. The number of hydrogen-bond donors (Lipinski definition) is 1. The van der Waals surface area contributed by atoms with Gasteiger partial charge in [0.2, 0.25) is 5.91 Å². The topological polar surface area (TPSA) is 64.2 Å². The minimum Gasteiger partial charge on any atom is -0.325 e. The van der Waals surface area contributed by atoms with E-state index < -0.39 is 0 Å². The van der Waals surface area contributed by atoms with Crippen LogP contribution in [-0.2, 0) is 4.79 Å². The van der Waals surface area contributed by atoms with Gasteiger partial charge in [0.15, 0.2) is 0 Å². The Labute approximate surface area is 181 Å². The third kappa shape index (κ3) is 3.01. The van der Waals surface area contributed by atoms with Gasteiger partial charge in [0, 0.05) is 22.0 Å². The standard InChI is InChI=1S/C22H18ClFN4OS/c1-12-20(25)21(18-8-9-19(23)30-18)27(22(12)29)16-6-7-17-13(10-16)11-26-28(17)15-4-2-14(24)3-5-15/h2-12,20-21H,25H2,1H3/t12-,20-,21?/m0/s1. The van der Waals surface area contributed by atoms with Crippen LogP contribution < -0.4 is 10.6 Å². The number of thiophene rings is 1. The normalized spacial score (nSPS) is 21.7. The molecule has 3 heterocycles. The van der Waals surface area contributed by atoms with Gasteiger partial charge < -0.3 is 10.6 Å². The Balaban J connectivity index is 1.58. The molecule has 0 spiro atoms. The van der Waals surface area contributed by atoms with Gasteiger partial charge in [-0.05, 0) is 54.6 Å². The van der Waals surface area contributed by atoms with Crippen LogP contribution in [0.25, 0.3) is 16.6 Å². The molecule has 8 heteroatoms. The van der Waals surface area contributed by atoms with Gasteiger partial charge in [-0.3, -0.25) is 4.79 Å². The molecule has 1 unspecified atom stereocenters. The average molecular weight is 441 g/mol. The van der Waals surface area contributed by atoms with E-state index in [0.29, 0.717) is 4.34 Å². The SMILES string of the molecule is C[C@@H]1C(=O)N(c2ccc3c(cnn3-c3ccc(F)cc3)c2)C(c2ccc(Cl)s2)[C@H]1N. The molecule has 1 aliphatic rings. The largest absolute Gasteiger partial charge is 0.325 e. The Kier molecular flexibility index (Phi) is 4.61. The van der Waals surface area contributed by atoms with Gasteiger partial charge in [-0.25, -0.2) is 9.07 Å². The lowest BCUT2D eigenvalue weighted by molar-refractivity contribution is -0.120. The second-order valence-corrected chi connectivity index (χ2v) is 9.18. The summed E-state index contributed by atoms with van der Waals surface area (Å²) in [6, 6.07) is 15.1. The first kappa shape index (κ1) is 19.2. The number of carbonyl (C=O) groups excluding carboxylic acids is 1. The van der Waals surface area contributed by atoms with E-state index in [1.54, 1.807) is 27.9 Å². The number of fused-ring (bicyclic) bond motifs is 1. The van der Waals surface area contributed by atoms with Gasteiger partial charge in [-0.1, -0.05) is 18.5 Å². The molecule has 4 aromatic rings. The molecule has 0 bridgehead atoms. The van der Waals surface area contributed by atoms with E-state index in [1.165, 1.54) is 23.5 Å². The minimum atomic E-state index is -0.329. The minimum absolute atomic E-state index is 0.0118. The van der Waals surface area contributed by atoms with Crippen molar-refractivity contribution in [1.29, 1.82) is 0 Å². The van der Waals surface area contributed by atoms with Crippen molar-refractivity contribution in [3.8, 4) is 5.69 Å². The Morgan fingerprint density at radius 1 is 1.10 bits per heavy atom. The predicted octanol–water partition coefficient (Wildman–Crippen LogP) is 4.93. The molecule has 2 aromatic heterocycles. The Bertz CT molecular complexity index is 1250. The fourth-order valence-corrected chi connectivity index (χ4v) is 5.23. The summed E-state index contributed by atoms with van der Waals surface area (Å²) in [5.74, 6) is -0.606. The van der Waals surface area contributed by atoms with Crippen LogP contribution in [0.5, 0.6) is 0 Å². The van der Waals surface area contributed by atoms with Crippen LogP contribution in [-0.4, -0.2) is 21.7 Å². The zero-order chi connectivity index (χ0) is 21.0. The van der Waals surface area contributed by atoms with Crippen molar-refractivity contribution in [2.24, 2.45) is 11.7 Å². The predicted molar refractivity (Wildman–Crippen MR) is 118 cm³/mol. The molecular formula is C22H18ClFN4OS. The molecule has 152 valence electrons.